The molecule has 0 radical (unpaired) electrons. The second-order valence-corrected chi connectivity index (χ2v) is 8.16. The lowest BCUT2D eigenvalue weighted by molar-refractivity contribution is -0.115. The van der Waals surface area contributed by atoms with Crippen LogP contribution in [0.2, 0.25) is 0 Å². The van der Waals surface area contributed by atoms with Gasteiger partial charge in [0.1, 0.15) is 5.75 Å². The van der Waals surface area contributed by atoms with E-state index >= 15 is 0 Å². The van der Waals surface area contributed by atoms with Crippen molar-refractivity contribution in [1.82, 2.24) is 4.72 Å². The smallest absolute Gasteiger partial charge is 0.239 e. The zero-order valence-corrected chi connectivity index (χ0v) is 16.5. The summed E-state index contributed by atoms with van der Waals surface area (Å²) >= 11 is 0. The second-order valence-electron chi connectivity index (χ2n) is 6.23. The summed E-state index contributed by atoms with van der Waals surface area (Å²) in [6.07, 6.45) is 0.333. The number of sulfonamides is 1. The molecule has 0 aliphatic rings. The lowest BCUT2D eigenvalue weighted by Gasteiger charge is -2.13. The maximum atomic E-state index is 12.1. The highest BCUT2D eigenvalue weighted by Crippen LogP contribution is 2.15. The Kier molecular flexibility index (Phi) is 7.20. The molecule has 0 saturated heterocycles. The molecule has 0 spiro atoms. The van der Waals surface area contributed by atoms with Gasteiger partial charge >= 0.3 is 0 Å². The molecule has 8 heteroatoms. The fourth-order valence-electron chi connectivity index (χ4n) is 2.38. The van der Waals surface area contributed by atoms with E-state index in [1.54, 1.807) is 31.4 Å². The van der Waals surface area contributed by atoms with Crippen molar-refractivity contribution in [3.05, 3.63) is 54.1 Å². The van der Waals surface area contributed by atoms with Crippen LogP contribution in [0.15, 0.2) is 48.5 Å². The third-order valence-corrected chi connectivity index (χ3v) is 5.24. The highest BCUT2D eigenvalue weighted by atomic mass is 32.2. The number of carbonyl (C=O) groups is 1. The molecule has 7 nitrogen and oxygen atoms in total. The van der Waals surface area contributed by atoms with Crippen LogP contribution in [0.4, 0.5) is 11.4 Å². The number of rotatable bonds is 9. The molecule has 0 aliphatic carbocycles. The van der Waals surface area contributed by atoms with Gasteiger partial charge in [0.2, 0.25) is 15.9 Å². The molecule has 2 aromatic rings. The molecule has 0 aliphatic heterocycles. The van der Waals surface area contributed by atoms with Crippen LogP contribution in [-0.2, 0) is 21.2 Å². The van der Waals surface area contributed by atoms with Crippen molar-refractivity contribution in [2.45, 2.75) is 6.42 Å². The topological polar surface area (TPSA) is 87.7 Å². The predicted molar refractivity (Wildman–Crippen MR) is 108 cm³/mol. The first kappa shape index (κ1) is 20.7. The normalized spacial score (nSPS) is 11.1. The molecule has 0 unspecified atom stereocenters. The van der Waals surface area contributed by atoms with Gasteiger partial charge < -0.3 is 15.0 Å². The molecule has 1 amide bonds. The fourth-order valence-corrected chi connectivity index (χ4v) is 3.38. The SMILES string of the molecule is COc1cccc(CCS(=O)(=O)NCC(=O)Nc2ccc(N(C)C)cc2)c1. The van der Waals surface area contributed by atoms with Gasteiger partial charge in [-0.3, -0.25) is 4.79 Å². The molecule has 2 N–H and O–H groups in total. The minimum Gasteiger partial charge on any atom is -0.497 e. The van der Waals surface area contributed by atoms with Crippen LogP contribution >= 0.6 is 0 Å². The van der Waals surface area contributed by atoms with Gasteiger partial charge in [0.15, 0.2) is 0 Å². The van der Waals surface area contributed by atoms with E-state index in [0.717, 1.165) is 11.3 Å². The number of nitrogens with zero attached hydrogens (tertiary/aromatic N) is 1. The standard InChI is InChI=1S/C19H25N3O4S/c1-22(2)17-9-7-16(8-10-17)21-19(23)14-20-27(24,25)12-11-15-5-4-6-18(13-15)26-3/h4-10,13,20H,11-12,14H2,1-3H3,(H,21,23). The lowest BCUT2D eigenvalue weighted by atomic mass is 10.2. The molecule has 0 aromatic heterocycles. The molecular formula is C19H25N3O4S. The van der Waals surface area contributed by atoms with E-state index in [2.05, 4.69) is 10.0 Å². The van der Waals surface area contributed by atoms with Crippen LogP contribution in [0.3, 0.4) is 0 Å². The Labute approximate surface area is 160 Å². The summed E-state index contributed by atoms with van der Waals surface area (Å²) in [5, 5.41) is 2.67. The van der Waals surface area contributed by atoms with Crippen molar-refractivity contribution in [2.24, 2.45) is 0 Å². The maximum absolute atomic E-state index is 12.1. The minimum atomic E-state index is -3.56. The summed E-state index contributed by atoms with van der Waals surface area (Å²) in [7, 11) is 1.85. The van der Waals surface area contributed by atoms with Gasteiger partial charge in [0, 0.05) is 25.5 Å². The number of amides is 1. The maximum Gasteiger partial charge on any atom is 0.239 e. The van der Waals surface area contributed by atoms with E-state index < -0.39 is 15.9 Å². The first-order valence-electron chi connectivity index (χ1n) is 8.46. The summed E-state index contributed by atoms with van der Waals surface area (Å²) in [6, 6.07) is 14.5. The average Bonchev–Trinajstić information content (AvgIpc) is 2.65. The van der Waals surface area contributed by atoms with Crippen molar-refractivity contribution in [2.75, 3.05) is 43.7 Å². The van der Waals surface area contributed by atoms with Crippen molar-refractivity contribution in [1.29, 1.82) is 0 Å². The fraction of sp³-hybridized carbons (Fsp3) is 0.316. The van der Waals surface area contributed by atoms with Crippen LogP contribution in [0.5, 0.6) is 5.75 Å². The van der Waals surface area contributed by atoms with Gasteiger partial charge in [-0.2, -0.15) is 0 Å². The summed E-state index contributed by atoms with van der Waals surface area (Å²) in [4.78, 5) is 13.9. The van der Waals surface area contributed by atoms with E-state index in [9.17, 15) is 13.2 Å². The van der Waals surface area contributed by atoms with E-state index in [1.807, 2.05) is 43.3 Å². The number of anilines is 2. The van der Waals surface area contributed by atoms with E-state index in [-0.39, 0.29) is 12.3 Å². The van der Waals surface area contributed by atoms with Crippen molar-refractivity contribution < 1.29 is 17.9 Å². The van der Waals surface area contributed by atoms with Crippen LogP contribution in [0, 0.1) is 0 Å². The summed E-state index contributed by atoms with van der Waals surface area (Å²) < 4.78 is 31.7. The Bertz CT molecular complexity index is 865. The molecule has 0 saturated carbocycles. The van der Waals surface area contributed by atoms with Crippen LogP contribution in [-0.4, -0.2) is 47.8 Å². The molecule has 2 aromatic carbocycles. The molecule has 0 bridgehead atoms. The first-order chi connectivity index (χ1) is 12.8. The van der Waals surface area contributed by atoms with Gasteiger partial charge in [-0.15, -0.1) is 0 Å². The minimum absolute atomic E-state index is 0.106. The largest absolute Gasteiger partial charge is 0.497 e. The summed E-state index contributed by atoms with van der Waals surface area (Å²) in [6.45, 7) is -0.310. The summed E-state index contributed by atoms with van der Waals surface area (Å²) in [5.41, 5.74) is 2.47. The first-order valence-corrected chi connectivity index (χ1v) is 10.1. The monoisotopic (exact) mass is 391 g/mol. The number of hydrogen-bond acceptors (Lipinski definition) is 5. The number of benzene rings is 2. The van der Waals surface area contributed by atoms with Gasteiger partial charge in [-0.05, 0) is 48.4 Å². The molecule has 27 heavy (non-hydrogen) atoms. The third-order valence-electron chi connectivity index (χ3n) is 3.91. The number of hydrogen-bond donors (Lipinski definition) is 2. The molecule has 0 fully saturated rings. The van der Waals surface area contributed by atoms with E-state index in [1.165, 1.54) is 0 Å². The zero-order chi connectivity index (χ0) is 19.9. The highest BCUT2D eigenvalue weighted by Gasteiger charge is 2.13. The van der Waals surface area contributed by atoms with Crippen LogP contribution in [0.1, 0.15) is 5.56 Å². The molecule has 0 heterocycles. The molecule has 2 rings (SSSR count). The number of aryl methyl sites for hydroxylation is 1. The molecular weight excluding hydrogens is 366 g/mol. The Morgan fingerprint density at radius 3 is 2.44 bits per heavy atom. The van der Waals surface area contributed by atoms with Crippen LogP contribution in [0.25, 0.3) is 0 Å². The average molecular weight is 391 g/mol. The highest BCUT2D eigenvalue weighted by molar-refractivity contribution is 7.89. The predicted octanol–water partition coefficient (Wildman–Crippen LogP) is 1.86. The van der Waals surface area contributed by atoms with Gasteiger partial charge in [-0.25, -0.2) is 13.1 Å². The quantitative estimate of drug-likeness (QED) is 0.681. The summed E-state index contributed by atoms with van der Waals surface area (Å²) in [5.74, 6) is 0.153. The van der Waals surface area contributed by atoms with Crippen molar-refractivity contribution in [3.63, 3.8) is 0 Å². The van der Waals surface area contributed by atoms with Gasteiger partial charge in [0.05, 0.1) is 19.4 Å². The van der Waals surface area contributed by atoms with Crippen molar-refractivity contribution in [3.8, 4) is 5.75 Å². The number of ether oxygens (including phenoxy) is 1. The second kappa shape index (κ2) is 9.38. The molecule has 0 atom stereocenters. The van der Waals surface area contributed by atoms with Gasteiger partial charge in [0.25, 0.3) is 0 Å². The lowest BCUT2D eigenvalue weighted by Crippen LogP contribution is -2.34. The third kappa shape index (κ3) is 6.92. The van der Waals surface area contributed by atoms with Crippen molar-refractivity contribution >= 4 is 27.3 Å². The number of carbonyl (C=O) groups excluding carboxylic acids is 1. The van der Waals surface area contributed by atoms with Crippen LogP contribution < -0.4 is 19.7 Å². The van der Waals surface area contributed by atoms with Gasteiger partial charge in [-0.1, -0.05) is 12.1 Å². The Balaban J connectivity index is 1.82. The van der Waals surface area contributed by atoms with E-state index in [0.29, 0.717) is 17.9 Å². The number of methoxy groups -OCH3 is 1. The Morgan fingerprint density at radius 2 is 1.81 bits per heavy atom. The Hall–Kier alpha value is -2.58. The van der Waals surface area contributed by atoms with E-state index in [4.69, 9.17) is 4.74 Å². The zero-order valence-electron chi connectivity index (χ0n) is 15.7. The molecule has 146 valence electrons. The number of nitrogens with one attached hydrogen (secondary N) is 2. The Morgan fingerprint density at radius 1 is 1.11 bits per heavy atom.